The summed E-state index contributed by atoms with van der Waals surface area (Å²) in [7, 11) is 0. The molecule has 2 unspecified atom stereocenters. The zero-order chi connectivity index (χ0) is 8.67. The van der Waals surface area contributed by atoms with Gasteiger partial charge in [-0.2, -0.15) is 0 Å². The first kappa shape index (κ1) is 7.61. The highest BCUT2D eigenvalue weighted by Crippen LogP contribution is 2.45. The summed E-state index contributed by atoms with van der Waals surface area (Å²) in [6, 6.07) is 0. The Morgan fingerprint density at radius 2 is 2.38 bits per heavy atom. The molecule has 0 heterocycles. The molecule has 0 aromatic carbocycles. The van der Waals surface area contributed by atoms with Crippen LogP contribution in [0, 0.1) is 18.3 Å². The molecule has 0 aromatic heterocycles. The summed E-state index contributed by atoms with van der Waals surface area (Å²) in [5.74, 6) is 1.50. The van der Waals surface area contributed by atoms with Crippen molar-refractivity contribution in [3.63, 3.8) is 0 Å². The molecule has 1 fully saturated rings. The molecule has 3 aliphatic rings. The molecular weight excluding hydrogens is 156 g/mol. The molecule has 13 heavy (non-hydrogen) atoms. The van der Waals surface area contributed by atoms with Gasteiger partial charge in [0.25, 0.3) is 0 Å². The van der Waals surface area contributed by atoms with Crippen molar-refractivity contribution in [1.82, 2.24) is 0 Å². The van der Waals surface area contributed by atoms with Gasteiger partial charge in [-0.25, -0.2) is 0 Å². The molecule has 2 atom stereocenters. The van der Waals surface area contributed by atoms with Gasteiger partial charge in [-0.05, 0) is 31.6 Å². The Labute approximate surface area is 80.0 Å². The van der Waals surface area contributed by atoms with E-state index in [-0.39, 0.29) is 0 Å². The van der Waals surface area contributed by atoms with E-state index in [1.54, 1.807) is 5.57 Å². The van der Waals surface area contributed by atoms with Crippen LogP contribution >= 0.6 is 0 Å². The maximum Gasteiger partial charge on any atom is 0.0170 e. The van der Waals surface area contributed by atoms with Gasteiger partial charge >= 0.3 is 0 Å². The number of fused-ring (bicyclic) bond motifs is 3. The number of allylic oxidation sites excluding steroid dienone is 6. The van der Waals surface area contributed by atoms with Crippen LogP contribution in [-0.4, -0.2) is 0 Å². The maximum atomic E-state index is 3.51. The highest BCUT2D eigenvalue weighted by molar-refractivity contribution is 5.41. The molecule has 1 saturated carbocycles. The summed E-state index contributed by atoms with van der Waals surface area (Å²) in [4.78, 5) is 0. The van der Waals surface area contributed by atoms with Crippen molar-refractivity contribution in [2.24, 2.45) is 11.8 Å². The number of rotatable bonds is 0. The largest absolute Gasteiger partial charge is 0.0850 e. The predicted molar refractivity (Wildman–Crippen MR) is 54.0 cm³/mol. The lowest BCUT2D eigenvalue weighted by Gasteiger charge is -2.34. The molecule has 3 aliphatic carbocycles. The third-order valence-electron chi connectivity index (χ3n) is 3.49. The minimum Gasteiger partial charge on any atom is -0.0850 e. The Morgan fingerprint density at radius 1 is 1.38 bits per heavy atom. The standard InChI is InChI=1S/C13H14/c1-2-6-12-10(4-1)8-9-11-5-3-7-13(11)12/h3-5,7,12-13H,1-2,6,8H2. The van der Waals surface area contributed by atoms with Gasteiger partial charge in [0.1, 0.15) is 0 Å². The van der Waals surface area contributed by atoms with Crippen molar-refractivity contribution in [1.29, 1.82) is 0 Å². The molecular formula is C13H14. The van der Waals surface area contributed by atoms with Crippen LogP contribution in [0.2, 0.25) is 0 Å². The Kier molecular flexibility index (Phi) is 1.68. The lowest BCUT2D eigenvalue weighted by Crippen LogP contribution is -2.23. The summed E-state index contributed by atoms with van der Waals surface area (Å²) in [5.41, 5.74) is 3.10. The third kappa shape index (κ3) is 1.12. The van der Waals surface area contributed by atoms with E-state index in [0.717, 1.165) is 12.3 Å². The van der Waals surface area contributed by atoms with E-state index in [9.17, 15) is 0 Å². The third-order valence-corrected chi connectivity index (χ3v) is 3.49. The van der Waals surface area contributed by atoms with Crippen molar-refractivity contribution in [3.05, 3.63) is 41.9 Å². The minimum atomic E-state index is 0.681. The van der Waals surface area contributed by atoms with Crippen LogP contribution in [0.4, 0.5) is 0 Å². The molecule has 0 saturated heterocycles. The van der Waals surface area contributed by atoms with Crippen molar-refractivity contribution >= 4 is 0 Å². The van der Waals surface area contributed by atoms with E-state index in [2.05, 4.69) is 30.7 Å². The zero-order valence-corrected chi connectivity index (χ0v) is 7.79. The van der Waals surface area contributed by atoms with Crippen LogP contribution in [0.1, 0.15) is 25.7 Å². The average Bonchev–Trinajstić information content (AvgIpc) is 2.65. The molecule has 0 N–H and O–H groups in total. The van der Waals surface area contributed by atoms with Gasteiger partial charge in [-0.15, -0.1) is 0 Å². The maximum absolute atomic E-state index is 3.51. The van der Waals surface area contributed by atoms with Crippen molar-refractivity contribution in [2.45, 2.75) is 25.7 Å². The fraction of sp³-hybridized carbons (Fsp3) is 0.462. The summed E-state index contributed by atoms with van der Waals surface area (Å²) < 4.78 is 0. The summed E-state index contributed by atoms with van der Waals surface area (Å²) in [5, 5.41) is 0. The second-order valence-corrected chi connectivity index (χ2v) is 4.20. The summed E-state index contributed by atoms with van der Waals surface area (Å²) in [6.45, 7) is 0. The van der Waals surface area contributed by atoms with Crippen LogP contribution in [0.5, 0.6) is 0 Å². The SMILES string of the molecule is [C]1CC2=CCCCC2C2C=CC=C12. The first-order chi connectivity index (χ1) is 6.45. The van der Waals surface area contributed by atoms with Crippen molar-refractivity contribution < 1.29 is 0 Å². The monoisotopic (exact) mass is 170 g/mol. The van der Waals surface area contributed by atoms with E-state index in [0.29, 0.717) is 5.92 Å². The van der Waals surface area contributed by atoms with Gasteiger partial charge in [-0.1, -0.05) is 35.5 Å². The molecule has 0 aliphatic heterocycles. The Balaban J connectivity index is 1.95. The summed E-state index contributed by atoms with van der Waals surface area (Å²) in [6.07, 6.45) is 17.9. The van der Waals surface area contributed by atoms with Crippen LogP contribution < -0.4 is 0 Å². The minimum absolute atomic E-state index is 0.681. The molecule has 3 rings (SSSR count). The molecule has 0 spiro atoms. The van der Waals surface area contributed by atoms with Crippen LogP contribution in [-0.2, 0) is 0 Å². The lowest BCUT2D eigenvalue weighted by molar-refractivity contribution is 0.415. The normalized spacial score (nSPS) is 36.3. The quantitative estimate of drug-likeness (QED) is 0.489. The Hall–Kier alpha value is -0.780. The fourth-order valence-corrected chi connectivity index (χ4v) is 2.80. The molecule has 66 valence electrons. The predicted octanol–water partition coefficient (Wildman–Crippen LogP) is 3.31. The molecule has 0 heteroatoms. The lowest BCUT2D eigenvalue weighted by atomic mass is 9.70. The van der Waals surface area contributed by atoms with Gasteiger partial charge in [0.2, 0.25) is 0 Å². The van der Waals surface area contributed by atoms with E-state index < -0.39 is 0 Å². The van der Waals surface area contributed by atoms with Gasteiger partial charge in [0.05, 0.1) is 0 Å². The van der Waals surface area contributed by atoms with Crippen LogP contribution in [0.3, 0.4) is 0 Å². The average molecular weight is 170 g/mol. The van der Waals surface area contributed by atoms with E-state index in [1.807, 2.05) is 0 Å². The molecule has 0 amide bonds. The topological polar surface area (TPSA) is 0 Å². The van der Waals surface area contributed by atoms with Gasteiger partial charge in [-0.3, -0.25) is 0 Å². The zero-order valence-electron chi connectivity index (χ0n) is 7.79. The van der Waals surface area contributed by atoms with Gasteiger partial charge < -0.3 is 0 Å². The number of hydrogen-bond acceptors (Lipinski definition) is 0. The molecule has 0 aromatic rings. The van der Waals surface area contributed by atoms with Crippen LogP contribution in [0.15, 0.2) is 35.5 Å². The molecule has 0 bridgehead atoms. The first-order valence-electron chi connectivity index (χ1n) is 5.26. The van der Waals surface area contributed by atoms with Gasteiger partial charge in [0.15, 0.2) is 0 Å². The van der Waals surface area contributed by atoms with E-state index in [4.69, 9.17) is 0 Å². The van der Waals surface area contributed by atoms with E-state index in [1.165, 1.54) is 24.8 Å². The summed E-state index contributed by atoms with van der Waals surface area (Å²) >= 11 is 0. The Bertz CT molecular complexity index is 304. The van der Waals surface area contributed by atoms with Crippen molar-refractivity contribution in [2.75, 3.05) is 0 Å². The highest BCUT2D eigenvalue weighted by Gasteiger charge is 2.32. The van der Waals surface area contributed by atoms with Gasteiger partial charge in [0, 0.05) is 12.3 Å². The second kappa shape index (κ2) is 2.87. The molecule has 2 radical (unpaired) electrons. The fourth-order valence-electron chi connectivity index (χ4n) is 2.80. The van der Waals surface area contributed by atoms with Crippen molar-refractivity contribution in [3.8, 4) is 0 Å². The van der Waals surface area contributed by atoms with E-state index >= 15 is 0 Å². The first-order valence-corrected chi connectivity index (χ1v) is 5.26. The van der Waals surface area contributed by atoms with Crippen LogP contribution in [0.25, 0.3) is 0 Å². The second-order valence-electron chi connectivity index (χ2n) is 4.20. The number of hydrogen-bond donors (Lipinski definition) is 0. The Morgan fingerprint density at radius 3 is 3.38 bits per heavy atom. The molecule has 0 nitrogen and oxygen atoms in total. The highest BCUT2D eigenvalue weighted by atomic mass is 14.4. The smallest absolute Gasteiger partial charge is 0.0170 e.